The van der Waals surface area contributed by atoms with Crippen LogP contribution in [0.15, 0.2) is 23.3 Å². The SMILES string of the molecule is Cc1c(Cl)cccc1NCC(=O)NN=C1CCC[C@@H](C)C1. The number of hydrogen-bond donors (Lipinski definition) is 2. The van der Waals surface area contributed by atoms with E-state index in [2.05, 4.69) is 22.8 Å². The number of hydrazone groups is 1. The molecule has 0 radical (unpaired) electrons. The molecule has 0 bridgehead atoms. The highest BCUT2D eigenvalue weighted by Gasteiger charge is 2.14. The Balaban J connectivity index is 1.82. The molecule has 0 saturated heterocycles. The molecule has 5 heteroatoms. The largest absolute Gasteiger partial charge is 0.376 e. The molecule has 0 aliphatic heterocycles. The minimum absolute atomic E-state index is 0.139. The average molecular weight is 308 g/mol. The summed E-state index contributed by atoms with van der Waals surface area (Å²) in [6.07, 6.45) is 4.39. The van der Waals surface area contributed by atoms with Gasteiger partial charge < -0.3 is 5.32 Å². The van der Waals surface area contributed by atoms with Crippen LogP contribution in [-0.2, 0) is 4.79 Å². The highest BCUT2D eigenvalue weighted by atomic mass is 35.5. The average Bonchev–Trinajstić information content (AvgIpc) is 2.47. The monoisotopic (exact) mass is 307 g/mol. The number of carbonyl (C=O) groups excluding carboxylic acids is 1. The molecule has 0 spiro atoms. The van der Waals surface area contributed by atoms with Crippen molar-refractivity contribution in [2.45, 2.75) is 39.5 Å². The lowest BCUT2D eigenvalue weighted by Crippen LogP contribution is -2.28. The smallest absolute Gasteiger partial charge is 0.259 e. The van der Waals surface area contributed by atoms with Gasteiger partial charge in [0.2, 0.25) is 0 Å². The number of nitrogens with one attached hydrogen (secondary N) is 2. The van der Waals surface area contributed by atoms with E-state index in [0.29, 0.717) is 10.9 Å². The second-order valence-corrected chi connectivity index (χ2v) is 6.09. The van der Waals surface area contributed by atoms with Crippen LogP contribution in [0.3, 0.4) is 0 Å². The third-order valence-corrected chi connectivity index (χ3v) is 4.20. The Kier molecular flexibility index (Phi) is 5.62. The minimum Gasteiger partial charge on any atom is -0.376 e. The number of hydrogen-bond acceptors (Lipinski definition) is 3. The number of halogens is 1. The van der Waals surface area contributed by atoms with Crippen LogP contribution in [0.5, 0.6) is 0 Å². The number of nitrogens with zero attached hydrogens (tertiary/aromatic N) is 1. The zero-order valence-corrected chi connectivity index (χ0v) is 13.3. The van der Waals surface area contributed by atoms with Crippen LogP contribution in [0.1, 0.15) is 38.2 Å². The lowest BCUT2D eigenvalue weighted by Gasteiger charge is -2.19. The van der Waals surface area contributed by atoms with Crippen LogP contribution in [-0.4, -0.2) is 18.2 Å². The Bertz CT molecular complexity index is 542. The molecule has 114 valence electrons. The van der Waals surface area contributed by atoms with Crippen molar-refractivity contribution in [1.82, 2.24) is 5.43 Å². The van der Waals surface area contributed by atoms with Crippen molar-refractivity contribution in [3.05, 3.63) is 28.8 Å². The van der Waals surface area contributed by atoms with Crippen LogP contribution < -0.4 is 10.7 Å². The van der Waals surface area contributed by atoms with Gasteiger partial charge in [-0.1, -0.05) is 24.6 Å². The molecule has 4 nitrogen and oxygen atoms in total. The molecule has 1 amide bonds. The first-order chi connectivity index (χ1) is 10.1. The Morgan fingerprint density at radius 3 is 3.05 bits per heavy atom. The van der Waals surface area contributed by atoms with Crippen molar-refractivity contribution < 1.29 is 4.79 Å². The molecule has 1 saturated carbocycles. The summed E-state index contributed by atoms with van der Waals surface area (Å²) in [5.41, 5.74) is 5.54. The molecular weight excluding hydrogens is 286 g/mol. The maximum absolute atomic E-state index is 11.8. The van der Waals surface area contributed by atoms with Gasteiger partial charge in [-0.2, -0.15) is 5.10 Å². The Hall–Kier alpha value is -1.55. The summed E-state index contributed by atoms with van der Waals surface area (Å²) < 4.78 is 0. The molecule has 1 aromatic rings. The first-order valence-electron chi connectivity index (χ1n) is 7.39. The molecule has 0 heterocycles. The highest BCUT2D eigenvalue weighted by molar-refractivity contribution is 6.31. The molecule has 1 atom stereocenters. The van der Waals surface area contributed by atoms with Crippen molar-refractivity contribution in [1.29, 1.82) is 0 Å². The minimum atomic E-state index is -0.139. The van der Waals surface area contributed by atoms with E-state index in [0.717, 1.165) is 36.2 Å². The number of amides is 1. The summed E-state index contributed by atoms with van der Waals surface area (Å²) in [5.74, 6) is 0.529. The van der Waals surface area contributed by atoms with E-state index in [4.69, 9.17) is 11.6 Å². The molecule has 2 rings (SSSR count). The second kappa shape index (κ2) is 7.46. The van der Waals surface area contributed by atoms with Crippen molar-refractivity contribution >= 4 is 28.9 Å². The quantitative estimate of drug-likeness (QED) is 0.833. The summed E-state index contributed by atoms with van der Waals surface area (Å²) in [7, 11) is 0. The Morgan fingerprint density at radius 1 is 1.48 bits per heavy atom. The molecule has 1 aromatic carbocycles. The van der Waals surface area contributed by atoms with Gasteiger partial charge in [0.1, 0.15) is 0 Å². The van der Waals surface area contributed by atoms with Crippen LogP contribution in [0, 0.1) is 12.8 Å². The molecule has 2 N–H and O–H groups in total. The van der Waals surface area contributed by atoms with Crippen LogP contribution in [0.25, 0.3) is 0 Å². The third-order valence-electron chi connectivity index (χ3n) is 3.79. The number of benzene rings is 1. The van der Waals surface area contributed by atoms with Gasteiger partial charge in [-0.3, -0.25) is 4.79 Å². The van der Waals surface area contributed by atoms with E-state index in [1.807, 2.05) is 25.1 Å². The summed E-state index contributed by atoms with van der Waals surface area (Å²) in [4.78, 5) is 11.8. The van der Waals surface area contributed by atoms with Gasteiger partial charge in [0.25, 0.3) is 5.91 Å². The van der Waals surface area contributed by atoms with Gasteiger partial charge in [-0.05, 0) is 56.2 Å². The maximum Gasteiger partial charge on any atom is 0.259 e. The predicted octanol–water partition coefficient (Wildman–Crippen LogP) is 3.74. The van der Waals surface area contributed by atoms with E-state index in [-0.39, 0.29) is 12.5 Å². The van der Waals surface area contributed by atoms with Crippen molar-refractivity contribution in [2.75, 3.05) is 11.9 Å². The fourth-order valence-electron chi connectivity index (χ4n) is 2.52. The van der Waals surface area contributed by atoms with E-state index in [1.165, 1.54) is 6.42 Å². The molecule has 0 aromatic heterocycles. The second-order valence-electron chi connectivity index (χ2n) is 5.68. The molecule has 1 aliphatic carbocycles. The van der Waals surface area contributed by atoms with E-state index in [9.17, 15) is 4.79 Å². The summed E-state index contributed by atoms with van der Waals surface area (Å²) in [5, 5.41) is 8.01. The highest BCUT2D eigenvalue weighted by Crippen LogP contribution is 2.22. The Morgan fingerprint density at radius 2 is 2.29 bits per heavy atom. The normalized spacial score (nSPS) is 20.3. The number of carbonyl (C=O) groups is 1. The fourth-order valence-corrected chi connectivity index (χ4v) is 2.69. The standard InChI is InChI=1S/C16H22ClN3O/c1-11-5-3-6-13(9-11)19-20-16(21)10-18-15-8-4-7-14(17)12(15)2/h4,7-8,11,18H,3,5-6,9-10H2,1-2H3,(H,20,21)/t11-/m1/s1. The first kappa shape index (κ1) is 15.8. The summed E-state index contributed by atoms with van der Waals surface area (Å²) >= 11 is 6.04. The lowest BCUT2D eigenvalue weighted by molar-refractivity contribution is -0.119. The van der Waals surface area contributed by atoms with E-state index < -0.39 is 0 Å². The van der Waals surface area contributed by atoms with Crippen molar-refractivity contribution in [2.24, 2.45) is 11.0 Å². The number of rotatable bonds is 4. The third kappa shape index (κ3) is 4.74. The van der Waals surface area contributed by atoms with Crippen molar-refractivity contribution in [3.63, 3.8) is 0 Å². The lowest BCUT2D eigenvalue weighted by atomic mass is 9.89. The zero-order chi connectivity index (χ0) is 15.2. The molecule has 21 heavy (non-hydrogen) atoms. The molecule has 0 unspecified atom stereocenters. The summed E-state index contributed by atoms with van der Waals surface area (Å²) in [6, 6.07) is 5.60. The molecule has 1 aliphatic rings. The van der Waals surface area contributed by atoms with Gasteiger partial charge in [0, 0.05) is 16.4 Å². The van der Waals surface area contributed by atoms with Crippen molar-refractivity contribution in [3.8, 4) is 0 Å². The topological polar surface area (TPSA) is 53.5 Å². The molecular formula is C16H22ClN3O. The predicted molar refractivity (Wildman–Crippen MR) is 87.9 cm³/mol. The van der Waals surface area contributed by atoms with Gasteiger partial charge >= 0.3 is 0 Å². The van der Waals surface area contributed by atoms with Crippen LogP contribution in [0.2, 0.25) is 5.02 Å². The van der Waals surface area contributed by atoms with Crippen LogP contribution in [0.4, 0.5) is 5.69 Å². The van der Waals surface area contributed by atoms with Gasteiger partial charge in [-0.25, -0.2) is 5.43 Å². The van der Waals surface area contributed by atoms with E-state index in [1.54, 1.807) is 0 Å². The van der Waals surface area contributed by atoms with E-state index >= 15 is 0 Å². The van der Waals surface area contributed by atoms with Gasteiger partial charge in [0.15, 0.2) is 0 Å². The van der Waals surface area contributed by atoms with Crippen LogP contribution >= 0.6 is 11.6 Å². The first-order valence-corrected chi connectivity index (χ1v) is 7.77. The fraction of sp³-hybridized carbons (Fsp3) is 0.500. The maximum atomic E-state index is 11.8. The van der Waals surface area contributed by atoms with Gasteiger partial charge in [-0.15, -0.1) is 0 Å². The Labute approximate surface area is 131 Å². The van der Waals surface area contributed by atoms with Gasteiger partial charge in [0.05, 0.1) is 6.54 Å². The number of anilines is 1. The summed E-state index contributed by atoms with van der Waals surface area (Å²) in [6.45, 7) is 4.33. The zero-order valence-electron chi connectivity index (χ0n) is 12.6. The molecule has 1 fully saturated rings.